The van der Waals surface area contributed by atoms with Crippen molar-refractivity contribution in [2.45, 2.75) is 52.6 Å². The minimum Gasteiger partial charge on any atom is -0.351 e. The van der Waals surface area contributed by atoms with Gasteiger partial charge in [-0.25, -0.2) is 4.98 Å². The van der Waals surface area contributed by atoms with Crippen LogP contribution in [0.3, 0.4) is 0 Å². The third-order valence-electron chi connectivity index (χ3n) is 3.93. The molecule has 1 saturated heterocycles. The summed E-state index contributed by atoms with van der Waals surface area (Å²) >= 11 is 6.27. The third kappa shape index (κ3) is 3.64. The number of anilines is 1. The Bertz CT molecular complexity index is 457. The molecule has 0 radical (unpaired) electrons. The summed E-state index contributed by atoms with van der Waals surface area (Å²) in [5.41, 5.74) is 1.15. The fourth-order valence-electron chi connectivity index (χ4n) is 2.76. The summed E-state index contributed by atoms with van der Waals surface area (Å²) in [6.07, 6.45) is 2.45. The topological polar surface area (TPSA) is 28.2 Å². The van der Waals surface area contributed by atoms with Crippen molar-refractivity contribution in [1.29, 1.82) is 0 Å². The van der Waals surface area contributed by atoms with Gasteiger partial charge in [0, 0.05) is 18.6 Å². The summed E-state index contributed by atoms with van der Waals surface area (Å²) in [7, 11) is 0. The molecule has 112 valence electrons. The molecule has 3 nitrogen and oxygen atoms in total. The molecule has 2 rings (SSSR count). The Morgan fingerprint density at radius 3 is 2.75 bits per heavy atom. The Morgan fingerprint density at radius 2 is 2.15 bits per heavy atom. The van der Waals surface area contributed by atoms with Gasteiger partial charge in [0.05, 0.1) is 10.7 Å². The Morgan fingerprint density at radius 1 is 1.40 bits per heavy atom. The molecule has 1 aliphatic rings. The molecule has 1 aromatic heterocycles. The van der Waals surface area contributed by atoms with Crippen LogP contribution in [0.5, 0.6) is 0 Å². The number of halogens is 1. The fraction of sp³-hybridized carbons (Fsp3) is 0.688. The highest BCUT2D eigenvalue weighted by molar-refractivity contribution is 6.31. The molecule has 0 spiro atoms. The van der Waals surface area contributed by atoms with Crippen molar-refractivity contribution < 1.29 is 0 Å². The molecule has 2 heterocycles. The van der Waals surface area contributed by atoms with E-state index >= 15 is 0 Å². The second kappa shape index (κ2) is 6.31. The third-order valence-corrected chi connectivity index (χ3v) is 4.27. The van der Waals surface area contributed by atoms with Gasteiger partial charge in [0.15, 0.2) is 0 Å². The maximum atomic E-state index is 6.27. The molecule has 0 unspecified atom stereocenters. The van der Waals surface area contributed by atoms with Gasteiger partial charge in [0.1, 0.15) is 5.82 Å². The lowest BCUT2D eigenvalue weighted by Gasteiger charge is -2.33. The molecule has 20 heavy (non-hydrogen) atoms. The van der Waals surface area contributed by atoms with Crippen molar-refractivity contribution >= 4 is 17.4 Å². The highest BCUT2D eigenvalue weighted by Gasteiger charge is 2.32. The number of pyridine rings is 1. The number of hydrogen-bond acceptors (Lipinski definition) is 3. The van der Waals surface area contributed by atoms with E-state index in [4.69, 9.17) is 16.6 Å². The number of hydrogen-bond donors (Lipinski definition) is 1. The van der Waals surface area contributed by atoms with Crippen LogP contribution in [0.4, 0.5) is 5.82 Å². The van der Waals surface area contributed by atoms with Crippen LogP contribution in [0.2, 0.25) is 5.02 Å². The second-order valence-corrected chi connectivity index (χ2v) is 7.10. The molecule has 0 aliphatic carbocycles. The van der Waals surface area contributed by atoms with Crippen LogP contribution in [0, 0.1) is 5.92 Å². The first-order valence-corrected chi connectivity index (χ1v) is 7.92. The summed E-state index contributed by atoms with van der Waals surface area (Å²) in [5.74, 6) is 1.69. The molecule has 0 atom stereocenters. The van der Waals surface area contributed by atoms with Crippen LogP contribution < -0.4 is 10.2 Å². The lowest BCUT2D eigenvalue weighted by atomic mass is 10.0. The van der Waals surface area contributed by atoms with Crippen molar-refractivity contribution in [3.63, 3.8) is 0 Å². The van der Waals surface area contributed by atoms with Crippen LogP contribution in [0.15, 0.2) is 12.1 Å². The highest BCUT2D eigenvalue weighted by atomic mass is 35.5. The van der Waals surface area contributed by atoms with Gasteiger partial charge < -0.3 is 10.2 Å². The predicted molar refractivity (Wildman–Crippen MR) is 86.5 cm³/mol. The van der Waals surface area contributed by atoms with E-state index in [9.17, 15) is 0 Å². The van der Waals surface area contributed by atoms with Crippen molar-refractivity contribution in [2.24, 2.45) is 5.92 Å². The molecule has 0 saturated carbocycles. The van der Waals surface area contributed by atoms with E-state index in [1.165, 1.54) is 12.8 Å². The van der Waals surface area contributed by atoms with Gasteiger partial charge >= 0.3 is 0 Å². The van der Waals surface area contributed by atoms with E-state index in [2.05, 4.69) is 37.9 Å². The standard InChI is InChI=1S/C16H26ClN3/c1-12(2)10-18-11-14-13(17)6-7-15(19-14)20-9-5-8-16(20,3)4/h6-7,12,18H,5,8-11H2,1-4H3. The molecule has 1 N–H and O–H groups in total. The molecule has 1 aliphatic heterocycles. The minimum absolute atomic E-state index is 0.198. The van der Waals surface area contributed by atoms with Crippen molar-refractivity contribution in [3.8, 4) is 0 Å². The maximum absolute atomic E-state index is 6.27. The normalized spacial score (nSPS) is 18.0. The lowest BCUT2D eigenvalue weighted by Crippen LogP contribution is -2.38. The van der Waals surface area contributed by atoms with Crippen LogP contribution in [-0.4, -0.2) is 23.6 Å². The number of rotatable bonds is 5. The number of nitrogens with one attached hydrogen (secondary N) is 1. The molecular formula is C16H26ClN3. The number of nitrogens with zero attached hydrogens (tertiary/aromatic N) is 2. The minimum atomic E-state index is 0.198. The summed E-state index contributed by atoms with van der Waals surface area (Å²) < 4.78 is 0. The molecule has 4 heteroatoms. The first-order valence-electron chi connectivity index (χ1n) is 7.54. The monoisotopic (exact) mass is 295 g/mol. The average Bonchev–Trinajstić information content (AvgIpc) is 2.71. The summed E-state index contributed by atoms with van der Waals surface area (Å²) in [6, 6.07) is 4.02. The van der Waals surface area contributed by atoms with Crippen LogP contribution in [-0.2, 0) is 6.54 Å². The molecule has 1 aromatic rings. The Labute approximate surface area is 127 Å². The zero-order valence-electron chi connectivity index (χ0n) is 13.0. The van der Waals surface area contributed by atoms with Gasteiger partial charge in [0.25, 0.3) is 0 Å². The van der Waals surface area contributed by atoms with Gasteiger partial charge in [-0.3, -0.25) is 0 Å². The quantitative estimate of drug-likeness (QED) is 0.894. The fourth-order valence-corrected chi connectivity index (χ4v) is 2.93. The Balaban J connectivity index is 2.12. The van der Waals surface area contributed by atoms with Crippen LogP contribution in [0.1, 0.15) is 46.2 Å². The predicted octanol–water partition coefficient (Wildman–Crippen LogP) is 3.86. The Hall–Kier alpha value is -0.800. The molecule has 1 fully saturated rings. The summed E-state index contributed by atoms with van der Waals surface area (Å²) in [4.78, 5) is 7.18. The first-order chi connectivity index (χ1) is 9.40. The van der Waals surface area contributed by atoms with E-state index in [0.29, 0.717) is 5.92 Å². The van der Waals surface area contributed by atoms with Crippen molar-refractivity contribution in [1.82, 2.24) is 10.3 Å². The second-order valence-electron chi connectivity index (χ2n) is 6.69. The van der Waals surface area contributed by atoms with Gasteiger partial charge in [-0.05, 0) is 51.3 Å². The Kier molecular flexibility index (Phi) is 4.92. The van der Waals surface area contributed by atoms with E-state index in [1.807, 2.05) is 12.1 Å². The number of aromatic nitrogens is 1. The molecule has 0 bridgehead atoms. The van der Waals surface area contributed by atoms with Crippen LogP contribution >= 0.6 is 11.6 Å². The van der Waals surface area contributed by atoms with E-state index in [1.54, 1.807) is 0 Å². The first kappa shape index (κ1) is 15.6. The van der Waals surface area contributed by atoms with Crippen molar-refractivity contribution in [3.05, 3.63) is 22.8 Å². The summed E-state index contributed by atoms with van der Waals surface area (Å²) in [5, 5.41) is 4.17. The van der Waals surface area contributed by atoms with E-state index in [-0.39, 0.29) is 5.54 Å². The van der Waals surface area contributed by atoms with E-state index < -0.39 is 0 Å². The van der Waals surface area contributed by atoms with Crippen LogP contribution in [0.25, 0.3) is 0 Å². The van der Waals surface area contributed by atoms with Gasteiger partial charge in [-0.2, -0.15) is 0 Å². The lowest BCUT2D eigenvalue weighted by molar-refractivity contribution is 0.512. The smallest absolute Gasteiger partial charge is 0.129 e. The van der Waals surface area contributed by atoms with Crippen molar-refractivity contribution in [2.75, 3.05) is 18.0 Å². The van der Waals surface area contributed by atoms with Gasteiger partial charge in [-0.1, -0.05) is 25.4 Å². The van der Waals surface area contributed by atoms with Gasteiger partial charge in [0.2, 0.25) is 0 Å². The zero-order valence-corrected chi connectivity index (χ0v) is 13.8. The molecule has 0 amide bonds. The molecular weight excluding hydrogens is 270 g/mol. The zero-order chi connectivity index (χ0) is 14.8. The SMILES string of the molecule is CC(C)CNCc1nc(N2CCCC2(C)C)ccc1Cl. The average molecular weight is 296 g/mol. The van der Waals surface area contributed by atoms with E-state index in [0.717, 1.165) is 36.2 Å². The summed E-state index contributed by atoms with van der Waals surface area (Å²) in [6.45, 7) is 11.8. The highest BCUT2D eigenvalue weighted by Crippen LogP contribution is 2.33. The maximum Gasteiger partial charge on any atom is 0.129 e. The largest absolute Gasteiger partial charge is 0.351 e. The van der Waals surface area contributed by atoms with Gasteiger partial charge in [-0.15, -0.1) is 0 Å². The molecule has 0 aromatic carbocycles.